The summed E-state index contributed by atoms with van der Waals surface area (Å²) in [7, 11) is 0. The van der Waals surface area contributed by atoms with Gasteiger partial charge < -0.3 is 5.32 Å². The van der Waals surface area contributed by atoms with Crippen LogP contribution in [-0.2, 0) is 13.1 Å². The van der Waals surface area contributed by atoms with Gasteiger partial charge in [0.15, 0.2) is 0 Å². The zero-order valence-electron chi connectivity index (χ0n) is 11.9. The smallest absolute Gasteiger partial charge is 0.0534 e. The average molecular weight is 271 g/mol. The summed E-state index contributed by atoms with van der Waals surface area (Å²) in [5, 5.41) is 7.84. The molecule has 3 rings (SSSR count). The van der Waals surface area contributed by atoms with Crippen molar-refractivity contribution in [1.29, 1.82) is 0 Å². The molecule has 2 aromatic rings. The molecule has 0 bridgehead atoms. The van der Waals surface area contributed by atoms with Crippen LogP contribution < -0.4 is 5.32 Å². The third-order valence-electron chi connectivity index (χ3n) is 3.82. The van der Waals surface area contributed by atoms with Gasteiger partial charge in [-0.2, -0.15) is 5.10 Å². The number of nitrogens with zero attached hydrogens (tertiary/aromatic N) is 4. The second kappa shape index (κ2) is 6.15. The number of aromatic nitrogens is 3. The Morgan fingerprint density at radius 3 is 3.10 bits per heavy atom. The molecule has 1 aliphatic heterocycles. The fourth-order valence-electron chi connectivity index (χ4n) is 2.73. The first kappa shape index (κ1) is 13.3. The van der Waals surface area contributed by atoms with E-state index in [2.05, 4.69) is 39.5 Å². The molecule has 5 heteroatoms. The SMILES string of the molecule is CCn1cc(CN2CCNCC2c2cccnc2)cn1. The van der Waals surface area contributed by atoms with E-state index in [1.165, 1.54) is 11.1 Å². The average Bonchev–Trinajstić information content (AvgIpc) is 2.96. The van der Waals surface area contributed by atoms with E-state index >= 15 is 0 Å². The minimum absolute atomic E-state index is 0.391. The molecule has 2 aromatic heterocycles. The van der Waals surface area contributed by atoms with Gasteiger partial charge in [0.1, 0.15) is 0 Å². The molecule has 5 nitrogen and oxygen atoms in total. The maximum atomic E-state index is 4.36. The topological polar surface area (TPSA) is 46.0 Å². The predicted molar refractivity (Wildman–Crippen MR) is 78.2 cm³/mol. The van der Waals surface area contributed by atoms with Gasteiger partial charge in [-0.05, 0) is 18.6 Å². The number of hydrogen-bond donors (Lipinski definition) is 1. The molecule has 1 N–H and O–H groups in total. The van der Waals surface area contributed by atoms with Gasteiger partial charge in [-0.15, -0.1) is 0 Å². The fourth-order valence-corrected chi connectivity index (χ4v) is 2.73. The van der Waals surface area contributed by atoms with E-state index < -0.39 is 0 Å². The van der Waals surface area contributed by atoms with E-state index in [9.17, 15) is 0 Å². The molecular weight excluding hydrogens is 250 g/mol. The molecule has 0 saturated carbocycles. The Kier molecular flexibility index (Phi) is 4.08. The van der Waals surface area contributed by atoms with Crippen LogP contribution in [0.25, 0.3) is 0 Å². The highest BCUT2D eigenvalue weighted by Crippen LogP contribution is 2.23. The summed E-state index contributed by atoms with van der Waals surface area (Å²) in [6, 6.07) is 4.56. The van der Waals surface area contributed by atoms with Gasteiger partial charge in [-0.25, -0.2) is 0 Å². The first-order chi connectivity index (χ1) is 9.86. The number of aryl methyl sites for hydroxylation is 1. The second-order valence-electron chi connectivity index (χ2n) is 5.18. The summed E-state index contributed by atoms with van der Waals surface area (Å²) in [5.74, 6) is 0. The summed E-state index contributed by atoms with van der Waals surface area (Å²) in [4.78, 5) is 6.75. The molecule has 0 spiro atoms. The molecule has 0 aliphatic carbocycles. The van der Waals surface area contributed by atoms with Gasteiger partial charge in [0.25, 0.3) is 0 Å². The normalized spacial score (nSPS) is 20.1. The molecule has 1 atom stereocenters. The summed E-state index contributed by atoms with van der Waals surface area (Å²) < 4.78 is 1.98. The van der Waals surface area contributed by atoms with Crippen LogP contribution in [-0.4, -0.2) is 39.3 Å². The summed E-state index contributed by atoms with van der Waals surface area (Å²) >= 11 is 0. The number of piperazine rings is 1. The largest absolute Gasteiger partial charge is 0.314 e. The Bertz CT molecular complexity index is 536. The van der Waals surface area contributed by atoms with Crippen molar-refractivity contribution in [3.05, 3.63) is 48.0 Å². The van der Waals surface area contributed by atoms with Crippen molar-refractivity contribution in [2.75, 3.05) is 19.6 Å². The number of rotatable bonds is 4. The number of hydrogen-bond acceptors (Lipinski definition) is 4. The van der Waals surface area contributed by atoms with Crippen LogP contribution in [0, 0.1) is 0 Å². The Balaban J connectivity index is 1.75. The predicted octanol–water partition coefficient (Wildman–Crippen LogP) is 1.44. The second-order valence-corrected chi connectivity index (χ2v) is 5.18. The van der Waals surface area contributed by atoms with Crippen molar-refractivity contribution in [3.63, 3.8) is 0 Å². The minimum Gasteiger partial charge on any atom is -0.314 e. The number of nitrogens with one attached hydrogen (secondary N) is 1. The Labute approximate surface area is 119 Å². The molecule has 3 heterocycles. The summed E-state index contributed by atoms with van der Waals surface area (Å²) in [6.45, 7) is 7.05. The van der Waals surface area contributed by atoms with Crippen molar-refractivity contribution in [3.8, 4) is 0 Å². The van der Waals surface area contributed by atoms with Crippen molar-refractivity contribution in [1.82, 2.24) is 25.0 Å². The third-order valence-corrected chi connectivity index (χ3v) is 3.82. The lowest BCUT2D eigenvalue weighted by molar-refractivity contribution is 0.153. The van der Waals surface area contributed by atoms with Crippen molar-refractivity contribution >= 4 is 0 Å². The Hall–Kier alpha value is -1.72. The van der Waals surface area contributed by atoms with Crippen LogP contribution in [0.3, 0.4) is 0 Å². The molecule has 0 amide bonds. The van der Waals surface area contributed by atoms with Gasteiger partial charge in [-0.1, -0.05) is 6.07 Å². The molecule has 20 heavy (non-hydrogen) atoms. The lowest BCUT2D eigenvalue weighted by Crippen LogP contribution is -2.45. The summed E-state index contributed by atoms with van der Waals surface area (Å²) in [6.07, 6.45) is 7.92. The fraction of sp³-hybridized carbons (Fsp3) is 0.467. The molecule has 1 aliphatic rings. The van der Waals surface area contributed by atoms with Crippen LogP contribution in [0.1, 0.15) is 24.1 Å². The molecular formula is C15H21N5. The monoisotopic (exact) mass is 271 g/mol. The maximum absolute atomic E-state index is 4.36. The van der Waals surface area contributed by atoms with Crippen molar-refractivity contribution in [2.45, 2.75) is 26.1 Å². The quantitative estimate of drug-likeness (QED) is 0.914. The van der Waals surface area contributed by atoms with Crippen molar-refractivity contribution < 1.29 is 0 Å². The van der Waals surface area contributed by atoms with Gasteiger partial charge in [0, 0.05) is 62.9 Å². The molecule has 1 unspecified atom stereocenters. The number of pyridine rings is 1. The third kappa shape index (κ3) is 2.89. The molecule has 1 saturated heterocycles. The lowest BCUT2D eigenvalue weighted by Gasteiger charge is -2.36. The van der Waals surface area contributed by atoms with Crippen molar-refractivity contribution in [2.24, 2.45) is 0 Å². The van der Waals surface area contributed by atoms with Crippen LogP contribution in [0.2, 0.25) is 0 Å². The Morgan fingerprint density at radius 2 is 2.35 bits per heavy atom. The molecule has 106 valence electrons. The molecule has 0 radical (unpaired) electrons. The highest BCUT2D eigenvalue weighted by molar-refractivity contribution is 5.16. The zero-order valence-corrected chi connectivity index (χ0v) is 11.9. The first-order valence-electron chi connectivity index (χ1n) is 7.23. The van der Waals surface area contributed by atoms with Crippen LogP contribution in [0.4, 0.5) is 0 Å². The minimum atomic E-state index is 0.391. The lowest BCUT2D eigenvalue weighted by atomic mass is 10.0. The zero-order chi connectivity index (χ0) is 13.8. The standard InChI is InChI=1S/C15H21N5/c1-2-20-12-13(8-18-20)11-19-7-6-17-10-15(19)14-4-3-5-16-9-14/h3-5,8-9,12,15,17H,2,6-7,10-11H2,1H3. The van der Waals surface area contributed by atoms with Crippen LogP contribution in [0.15, 0.2) is 36.9 Å². The maximum Gasteiger partial charge on any atom is 0.0534 e. The van der Waals surface area contributed by atoms with E-state index in [1.54, 1.807) is 0 Å². The van der Waals surface area contributed by atoms with E-state index in [-0.39, 0.29) is 0 Å². The summed E-state index contributed by atoms with van der Waals surface area (Å²) in [5.41, 5.74) is 2.56. The van der Waals surface area contributed by atoms with Gasteiger partial charge in [-0.3, -0.25) is 14.6 Å². The van der Waals surface area contributed by atoms with Gasteiger partial charge in [0.2, 0.25) is 0 Å². The molecule has 0 aromatic carbocycles. The highest BCUT2D eigenvalue weighted by atomic mass is 15.3. The van der Waals surface area contributed by atoms with Gasteiger partial charge >= 0.3 is 0 Å². The van der Waals surface area contributed by atoms with E-state index in [0.717, 1.165) is 32.7 Å². The highest BCUT2D eigenvalue weighted by Gasteiger charge is 2.24. The van der Waals surface area contributed by atoms with E-state index in [4.69, 9.17) is 0 Å². The van der Waals surface area contributed by atoms with Crippen LogP contribution >= 0.6 is 0 Å². The Morgan fingerprint density at radius 1 is 1.40 bits per heavy atom. The van der Waals surface area contributed by atoms with E-state index in [0.29, 0.717) is 6.04 Å². The van der Waals surface area contributed by atoms with Crippen LogP contribution in [0.5, 0.6) is 0 Å². The first-order valence-corrected chi connectivity index (χ1v) is 7.23. The van der Waals surface area contributed by atoms with E-state index in [1.807, 2.05) is 29.3 Å². The van der Waals surface area contributed by atoms with Gasteiger partial charge in [0.05, 0.1) is 6.20 Å². The molecule has 1 fully saturated rings.